The number of rotatable bonds is 1. The number of aliphatic hydroxyl groups is 1. The highest BCUT2D eigenvalue weighted by molar-refractivity contribution is 6.02. The fraction of sp³-hybridized carbons (Fsp3) is 0.462. The number of benzene rings is 1. The number of piperazine rings is 1. The molecule has 3 rings (SSSR count). The third-order valence-corrected chi connectivity index (χ3v) is 3.76. The van der Waals surface area contributed by atoms with Crippen LogP contribution < -0.4 is 10.2 Å². The molecule has 19 heavy (non-hydrogen) atoms. The SMILES string of the molecule is CN1CCN(c2cc3c(cc2F)C(O)C(=O)N3)CC1. The first-order valence-corrected chi connectivity index (χ1v) is 6.32. The van der Waals surface area contributed by atoms with Gasteiger partial charge in [0.1, 0.15) is 5.82 Å². The summed E-state index contributed by atoms with van der Waals surface area (Å²) in [6, 6.07) is 2.87. The van der Waals surface area contributed by atoms with Crippen molar-refractivity contribution in [1.29, 1.82) is 0 Å². The summed E-state index contributed by atoms with van der Waals surface area (Å²) in [4.78, 5) is 15.5. The second-order valence-corrected chi connectivity index (χ2v) is 5.07. The summed E-state index contributed by atoms with van der Waals surface area (Å²) in [5, 5.41) is 12.2. The van der Waals surface area contributed by atoms with Crippen LogP contribution in [0.4, 0.5) is 15.8 Å². The monoisotopic (exact) mass is 265 g/mol. The molecule has 0 aromatic heterocycles. The number of nitrogens with one attached hydrogen (secondary N) is 1. The number of anilines is 2. The van der Waals surface area contributed by atoms with Crippen LogP contribution >= 0.6 is 0 Å². The summed E-state index contributed by atoms with van der Waals surface area (Å²) >= 11 is 0. The summed E-state index contributed by atoms with van der Waals surface area (Å²) in [6.45, 7) is 3.27. The van der Waals surface area contributed by atoms with E-state index in [1.165, 1.54) is 6.07 Å². The normalized spacial score (nSPS) is 23.4. The molecule has 0 radical (unpaired) electrons. The standard InChI is InChI=1S/C13H16FN3O2/c1-16-2-4-17(5-3-16)11-7-10-8(6-9(11)14)12(18)13(19)15-10/h6-7,12,18H,2-5H2,1H3,(H,15,19). The van der Waals surface area contributed by atoms with Crippen LogP contribution in [0.15, 0.2) is 12.1 Å². The summed E-state index contributed by atoms with van der Waals surface area (Å²) in [6.07, 6.45) is -1.26. The van der Waals surface area contributed by atoms with Gasteiger partial charge in [0.25, 0.3) is 5.91 Å². The van der Waals surface area contributed by atoms with Crippen LogP contribution in [0.2, 0.25) is 0 Å². The van der Waals surface area contributed by atoms with Gasteiger partial charge in [0.2, 0.25) is 0 Å². The largest absolute Gasteiger partial charge is 0.378 e. The summed E-state index contributed by atoms with van der Waals surface area (Å²) in [5.74, 6) is -0.885. The van der Waals surface area contributed by atoms with E-state index in [-0.39, 0.29) is 5.82 Å². The highest BCUT2D eigenvalue weighted by Gasteiger charge is 2.31. The number of fused-ring (bicyclic) bond motifs is 1. The molecule has 1 atom stereocenters. The van der Waals surface area contributed by atoms with Gasteiger partial charge < -0.3 is 20.2 Å². The molecule has 5 nitrogen and oxygen atoms in total. The molecular formula is C13H16FN3O2. The van der Waals surface area contributed by atoms with Gasteiger partial charge in [-0.2, -0.15) is 0 Å². The molecule has 1 fully saturated rings. The Bertz CT molecular complexity index is 527. The van der Waals surface area contributed by atoms with E-state index in [9.17, 15) is 14.3 Å². The highest BCUT2D eigenvalue weighted by atomic mass is 19.1. The Labute approximate surface area is 110 Å². The number of hydrogen-bond acceptors (Lipinski definition) is 4. The molecular weight excluding hydrogens is 249 g/mol. The fourth-order valence-corrected chi connectivity index (χ4v) is 2.54. The van der Waals surface area contributed by atoms with Crippen molar-refractivity contribution in [2.24, 2.45) is 0 Å². The second-order valence-electron chi connectivity index (χ2n) is 5.07. The number of nitrogens with zero attached hydrogens (tertiary/aromatic N) is 2. The van der Waals surface area contributed by atoms with Crippen LogP contribution in [-0.4, -0.2) is 49.1 Å². The Morgan fingerprint density at radius 1 is 1.32 bits per heavy atom. The zero-order valence-corrected chi connectivity index (χ0v) is 10.7. The second kappa shape index (κ2) is 4.47. The van der Waals surface area contributed by atoms with Crippen molar-refractivity contribution in [3.05, 3.63) is 23.5 Å². The van der Waals surface area contributed by atoms with Gasteiger partial charge in [-0.15, -0.1) is 0 Å². The number of halogens is 1. The molecule has 1 amide bonds. The van der Waals surface area contributed by atoms with Gasteiger partial charge in [0, 0.05) is 37.4 Å². The minimum absolute atomic E-state index is 0.320. The quantitative estimate of drug-likeness (QED) is 0.779. The minimum Gasteiger partial charge on any atom is -0.378 e. The maximum atomic E-state index is 14.1. The Hall–Kier alpha value is -1.66. The highest BCUT2D eigenvalue weighted by Crippen LogP contribution is 2.36. The lowest BCUT2D eigenvalue weighted by molar-refractivity contribution is -0.123. The number of carbonyl (C=O) groups is 1. The Morgan fingerprint density at radius 2 is 2.00 bits per heavy atom. The third-order valence-electron chi connectivity index (χ3n) is 3.76. The predicted molar refractivity (Wildman–Crippen MR) is 69.7 cm³/mol. The molecule has 2 heterocycles. The van der Waals surface area contributed by atoms with Crippen molar-refractivity contribution >= 4 is 17.3 Å². The lowest BCUT2D eigenvalue weighted by Gasteiger charge is -2.34. The molecule has 1 aromatic rings. The molecule has 2 aliphatic rings. The van der Waals surface area contributed by atoms with Crippen LogP contribution in [0.5, 0.6) is 0 Å². The van der Waals surface area contributed by atoms with Crippen LogP contribution in [-0.2, 0) is 4.79 Å². The van der Waals surface area contributed by atoms with Crippen LogP contribution in [0.3, 0.4) is 0 Å². The van der Waals surface area contributed by atoms with Gasteiger partial charge in [0.05, 0.1) is 5.69 Å². The molecule has 2 N–H and O–H groups in total. The molecule has 0 aliphatic carbocycles. The molecule has 1 aromatic carbocycles. The number of likely N-dealkylation sites (N-methyl/N-ethyl adjacent to an activating group) is 1. The average molecular weight is 265 g/mol. The first kappa shape index (κ1) is 12.4. The molecule has 102 valence electrons. The van der Waals surface area contributed by atoms with E-state index in [1.807, 2.05) is 11.9 Å². The van der Waals surface area contributed by atoms with Crippen molar-refractivity contribution in [2.45, 2.75) is 6.10 Å². The molecule has 0 saturated carbocycles. The number of hydrogen-bond donors (Lipinski definition) is 2. The van der Waals surface area contributed by atoms with Crippen molar-refractivity contribution in [1.82, 2.24) is 4.90 Å². The van der Waals surface area contributed by atoms with E-state index >= 15 is 0 Å². The molecule has 0 bridgehead atoms. The maximum Gasteiger partial charge on any atom is 0.257 e. The van der Waals surface area contributed by atoms with E-state index in [0.717, 1.165) is 26.2 Å². The predicted octanol–water partition coefficient (Wildman–Crippen LogP) is 0.563. The fourth-order valence-electron chi connectivity index (χ4n) is 2.54. The van der Waals surface area contributed by atoms with Crippen LogP contribution in [0.1, 0.15) is 11.7 Å². The molecule has 0 spiro atoms. The molecule has 2 aliphatic heterocycles. The number of amides is 1. The Balaban J connectivity index is 1.92. The summed E-state index contributed by atoms with van der Waals surface area (Å²) in [5.41, 5.74) is 1.31. The van der Waals surface area contributed by atoms with E-state index < -0.39 is 12.0 Å². The van der Waals surface area contributed by atoms with Crippen LogP contribution in [0.25, 0.3) is 0 Å². The van der Waals surface area contributed by atoms with E-state index in [2.05, 4.69) is 10.2 Å². The third kappa shape index (κ3) is 2.06. The Kier molecular flexibility index (Phi) is 2.91. The van der Waals surface area contributed by atoms with Gasteiger partial charge in [-0.25, -0.2) is 4.39 Å². The molecule has 6 heteroatoms. The lowest BCUT2D eigenvalue weighted by atomic mass is 10.1. The average Bonchev–Trinajstić information content (AvgIpc) is 2.66. The molecule has 1 unspecified atom stereocenters. The zero-order valence-electron chi connectivity index (χ0n) is 10.7. The van der Waals surface area contributed by atoms with Gasteiger partial charge >= 0.3 is 0 Å². The van der Waals surface area contributed by atoms with E-state index in [1.54, 1.807) is 6.07 Å². The van der Waals surface area contributed by atoms with Crippen molar-refractivity contribution in [2.75, 3.05) is 43.4 Å². The summed E-state index contributed by atoms with van der Waals surface area (Å²) < 4.78 is 14.1. The van der Waals surface area contributed by atoms with Crippen LogP contribution in [0, 0.1) is 5.82 Å². The van der Waals surface area contributed by atoms with Gasteiger partial charge in [0.15, 0.2) is 6.10 Å². The number of aliphatic hydroxyl groups excluding tert-OH is 1. The number of carbonyl (C=O) groups excluding carboxylic acids is 1. The van der Waals surface area contributed by atoms with Crippen molar-refractivity contribution < 1.29 is 14.3 Å². The van der Waals surface area contributed by atoms with Gasteiger partial charge in [-0.1, -0.05) is 0 Å². The topological polar surface area (TPSA) is 55.8 Å². The first-order chi connectivity index (χ1) is 9.06. The van der Waals surface area contributed by atoms with Crippen molar-refractivity contribution in [3.8, 4) is 0 Å². The zero-order chi connectivity index (χ0) is 13.6. The summed E-state index contributed by atoms with van der Waals surface area (Å²) in [7, 11) is 2.03. The molecule has 1 saturated heterocycles. The van der Waals surface area contributed by atoms with Gasteiger partial charge in [-0.05, 0) is 19.2 Å². The van der Waals surface area contributed by atoms with E-state index in [0.29, 0.717) is 16.9 Å². The van der Waals surface area contributed by atoms with Gasteiger partial charge in [-0.3, -0.25) is 4.79 Å². The Morgan fingerprint density at radius 3 is 2.68 bits per heavy atom. The lowest BCUT2D eigenvalue weighted by Crippen LogP contribution is -2.44. The minimum atomic E-state index is -1.26. The van der Waals surface area contributed by atoms with E-state index in [4.69, 9.17) is 0 Å². The smallest absolute Gasteiger partial charge is 0.257 e. The maximum absolute atomic E-state index is 14.1. The first-order valence-electron chi connectivity index (χ1n) is 6.32. The van der Waals surface area contributed by atoms with Crippen molar-refractivity contribution in [3.63, 3.8) is 0 Å².